The van der Waals surface area contributed by atoms with E-state index in [-0.39, 0.29) is 17.9 Å². The van der Waals surface area contributed by atoms with E-state index in [0.29, 0.717) is 16.8 Å². The van der Waals surface area contributed by atoms with E-state index in [0.717, 1.165) is 29.8 Å². The molecule has 0 radical (unpaired) electrons. The van der Waals surface area contributed by atoms with Crippen LogP contribution in [-0.4, -0.2) is 24.9 Å². The van der Waals surface area contributed by atoms with Crippen LogP contribution in [0.1, 0.15) is 39.1 Å². The largest absolute Gasteiger partial charge is 0.349 e. The molecule has 0 aromatic heterocycles. The van der Waals surface area contributed by atoms with Crippen LogP contribution in [0.3, 0.4) is 0 Å². The summed E-state index contributed by atoms with van der Waals surface area (Å²) in [4.78, 5) is 27.5. The third-order valence-corrected chi connectivity index (χ3v) is 5.31. The zero-order valence-corrected chi connectivity index (χ0v) is 17.2. The minimum atomic E-state index is -0.212. The monoisotopic (exact) mass is 399 g/mol. The highest BCUT2D eigenvalue weighted by atomic mass is 16.2. The Balaban J connectivity index is 1.58. The number of anilines is 3. The number of hydrogen-bond donors (Lipinski definition) is 2. The van der Waals surface area contributed by atoms with Crippen LogP contribution in [0.25, 0.3) is 0 Å². The van der Waals surface area contributed by atoms with Crippen LogP contribution >= 0.6 is 0 Å². The van der Waals surface area contributed by atoms with E-state index in [4.69, 9.17) is 0 Å². The summed E-state index contributed by atoms with van der Waals surface area (Å²) in [5.41, 5.74) is 4.46. The van der Waals surface area contributed by atoms with Crippen molar-refractivity contribution < 1.29 is 9.59 Å². The van der Waals surface area contributed by atoms with Crippen molar-refractivity contribution in [2.24, 2.45) is 0 Å². The molecule has 5 nitrogen and oxygen atoms in total. The van der Waals surface area contributed by atoms with Crippen molar-refractivity contribution >= 4 is 28.9 Å². The van der Waals surface area contributed by atoms with E-state index in [9.17, 15) is 9.59 Å². The second kappa shape index (κ2) is 8.41. The van der Waals surface area contributed by atoms with Gasteiger partial charge in [-0.25, -0.2) is 0 Å². The molecule has 2 N–H and O–H groups in total. The fraction of sp³-hybridized carbons (Fsp3) is 0.200. The number of rotatable bonds is 6. The molecular formula is C25H25N3O2. The quantitative estimate of drug-likeness (QED) is 0.619. The summed E-state index contributed by atoms with van der Waals surface area (Å²) in [6.45, 7) is 1.92. The Morgan fingerprint density at radius 1 is 0.900 bits per heavy atom. The zero-order valence-electron chi connectivity index (χ0n) is 17.2. The number of para-hydroxylation sites is 2. The van der Waals surface area contributed by atoms with Crippen molar-refractivity contribution in [3.8, 4) is 0 Å². The van der Waals surface area contributed by atoms with Gasteiger partial charge in [-0.1, -0.05) is 36.4 Å². The van der Waals surface area contributed by atoms with Crippen molar-refractivity contribution in [1.82, 2.24) is 5.32 Å². The van der Waals surface area contributed by atoms with Gasteiger partial charge in [0.25, 0.3) is 11.8 Å². The van der Waals surface area contributed by atoms with E-state index in [1.54, 1.807) is 12.1 Å². The van der Waals surface area contributed by atoms with E-state index in [1.807, 2.05) is 79.5 Å². The summed E-state index contributed by atoms with van der Waals surface area (Å²) in [6, 6.07) is 23.1. The molecule has 30 heavy (non-hydrogen) atoms. The molecule has 2 amide bonds. The maximum absolute atomic E-state index is 13.2. The van der Waals surface area contributed by atoms with E-state index >= 15 is 0 Å². The second-order valence-electron chi connectivity index (χ2n) is 7.64. The number of amides is 2. The highest BCUT2D eigenvalue weighted by Gasteiger charge is 2.24. The number of nitrogens with one attached hydrogen (secondary N) is 2. The van der Waals surface area contributed by atoms with Crippen LogP contribution in [0.15, 0.2) is 72.8 Å². The Morgan fingerprint density at radius 2 is 1.60 bits per heavy atom. The SMILES string of the molecule is Cc1ccc(C(=O)NC2CC2)cc1NC(=O)c1ccccc1N(C)c1ccccc1. The summed E-state index contributed by atoms with van der Waals surface area (Å²) in [6.07, 6.45) is 2.07. The Morgan fingerprint density at radius 3 is 2.33 bits per heavy atom. The third kappa shape index (κ3) is 4.35. The molecule has 152 valence electrons. The summed E-state index contributed by atoms with van der Waals surface area (Å²) < 4.78 is 0. The third-order valence-electron chi connectivity index (χ3n) is 5.31. The predicted molar refractivity (Wildman–Crippen MR) is 121 cm³/mol. The average Bonchev–Trinajstić information content (AvgIpc) is 3.59. The molecule has 0 aliphatic heterocycles. The first-order chi connectivity index (χ1) is 14.5. The van der Waals surface area contributed by atoms with Crippen molar-refractivity contribution in [3.05, 3.63) is 89.5 Å². The van der Waals surface area contributed by atoms with Crippen LogP contribution in [0.2, 0.25) is 0 Å². The molecule has 0 saturated heterocycles. The van der Waals surface area contributed by atoms with E-state index in [2.05, 4.69) is 10.6 Å². The van der Waals surface area contributed by atoms with Crippen LogP contribution < -0.4 is 15.5 Å². The molecule has 3 aromatic carbocycles. The number of hydrogen-bond acceptors (Lipinski definition) is 3. The normalized spacial score (nSPS) is 12.9. The molecule has 4 rings (SSSR count). The second-order valence-corrected chi connectivity index (χ2v) is 7.64. The van der Waals surface area contributed by atoms with Gasteiger partial charge in [-0.2, -0.15) is 0 Å². The van der Waals surface area contributed by atoms with Gasteiger partial charge in [0, 0.05) is 30.0 Å². The molecule has 1 aliphatic rings. The smallest absolute Gasteiger partial charge is 0.257 e. The number of carbonyl (C=O) groups is 2. The van der Waals surface area contributed by atoms with Crippen LogP contribution in [0.5, 0.6) is 0 Å². The Labute approximate surface area is 176 Å². The summed E-state index contributed by atoms with van der Waals surface area (Å²) in [7, 11) is 1.94. The molecular weight excluding hydrogens is 374 g/mol. The van der Waals surface area contributed by atoms with Gasteiger partial charge in [-0.15, -0.1) is 0 Å². The van der Waals surface area contributed by atoms with Crippen molar-refractivity contribution in [1.29, 1.82) is 0 Å². The van der Waals surface area contributed by atoms with Crippen molar-refractivity contribution in [2.75, 3.05) is 17.3 Å². The summed E-state index contributed by atoms with van der Waals surface area (Å²) in [5, 5.41) is 5.98. The average molecular weight is 399 g/mol. The molecule has 0 heterocycles. The van der Waals surface area contributed by atoms with Gasteiger partial charge in [0.15, 0.2) is 0 Å². The van der Waals surface area contributed by atoms with Gasteiger partial charge in [0.1, 0.15) is 0 Å². The van der Waals surface area contributed by atoms with Gasteiger partial charge < -0.3 is 15.5 Å². The Hall–Kier alpha value is -3.60. The standard InChI is InChI=1S/C25H25N3O2/c1-17-12-13-18(24(29)26-19-14-15-19)16-22(17)27-25(30)21-10-6-7-11-23(21)28(2)20-8-4-3-5-9-20/h3-13,16,19H,14-15H2,1-2H3,(H,26,29)(H,27,30). The fourth-order valence-corrected chi connectivity index (χ4v) is 3.33. The summed E-state index contributed by atoms with van der Waals surface area (Å²) >= 11 is 0. The van der Waals surface area contributed by atoms with Crippen LogP contribution in [0.4, 0.5) is 17.1 Å². The molecule has 0 spiro atoms. The van der Waals surface area contributed by atoms with Gasteiger partial charge in [0.05, 0.1) is 11.3 Å². The first kappa shape index (κ1) is 19.7. The lowest BCUT2D eigenvalue weighted by Crippen LogP contribution is -2.25. The molecule has 0 unspecified atom stereocenters. The molecule has 0 atom stereocenters. The first-order valence-electron chi connectivity index (χ1n) is 10.1. The molecule has 1 fully saturated rings. The maximum atomic E-state index is 13.2. The number of benzene rings is 3. The molecule has 1 saturated carbocycles. The summed E-state index contributed by atoms with van der Waals surface area (Å²) in [5.74, 6) is -0.312. The highest BCUT2D eigenvalue weighted by Crippen LogP contribution is 2.28. The zero-order chi connectivity index (χ0) is 21.1. The lowest BCUT2D eigenvalue weighted by molar-refractivity contribution is 0.0949. The predicted octanol–water partition coefficient (Wildman–Crippen LogP) is 4.91. The topological polar surface area (TPSA) is 61.4 Å². The van der Waals surface area contributed by atoms with Crippen molar-refractivity contribution in [2.45, 2.75) is 25.8 Å². The van der Waals surface area contributed by atoms with Crippen LogP contribution in [-0.2, 0) is 0 Å². The number of nitrogens with zero attached hydrogens (tertiary/aromatic N) is 1. The lowest BCUT2D eigenvalue weighted by atomic mass is 10.1. The molecule has 5 heteroatoms. The van der Waals surface area contributed by atoms with Gasteiger partial charge >= 0.3 is 0 Å². The first-order valence-corrected chi connectivity index (χ1v) is 10.1. The van der Waals surface area contributed by atoms with E-state index in [1.165, 1.54) is 0 Å². The minimum Gasteiger partial charge on any atom is -0.349 e. The van der Waals surface area contributed by atoms with Gasteiger partial charge in [-0.05, 0) is 61.7 Å². The Bertz CT molecular complexity index is 1070. The molecule has 3 aromatic rings. The number of aryl methyl sites for hydroxylation is 1. The number of carbonyl (C=O) groups excluding carboxylic acids is 2. The van der Waals surface area contributed by atoms with Gasteiger partial charge in [0.2, 0.25) is 0 Å². The highest BCUT2D eigenvalue weighted by molar-refractivity contribution is 6.09. The van der Waals surface area contributed by atoms with E-state index < -0.39 is 0 Å². The van der Waals surface area contributed by atoms with Crippen molar-refractivity contribution in [3.63, 3.8) is 0 Å². The molecule has 1 aliphatic carbocycles. The minimum absolute atomic E-state index is 0.0998. The van der Waals surface area contributed by atoms with Gasteiger partial charge in [-0.3, -0.25) is 9.59 Å². The maximum Gasteiger partial charge on any atom is 0.257 e. The fourth-order valence-electron chi connectivity index (χ4n) is 3.33. The Kier molecular flexibility index (Phi) is 5.53. The van der Waals surface area contributed by atoms with Crippen LogP contribution in [0, 0.1) is 6.92 Å². The lowest BCUT2D eigenvalue weighted by Gasteiger charge is -2.22. The molecule has 0 bridgehead atoms.